The fourth-order valence-electron chi connectivity index (χ4n) is 12.2. The second-order valence-corrected chi connectivity index (χ2v) is 18.8. The molecule has 2 N–H and O–H groups in total. The Bertz CT molecular complexity index is 1590. The Hall–Kier alpha value is -3.00. The number of allylic oxidation sites excluding steroid dienone is 1. The quantitative estimate of drug-likeness (QED) is 0.219. The summed E-state index contributed by atoms with van der Waals surface area (Å²) in [6.45, 7) is 17.3. The van der Waals surface area contributed by atoms with Crippen LogP contribution in [0.5, 0.6) is 0 Å². The number of hydrogen-bond donors (Lipinski definition) is 2. The molecule has 8 heteroatoms. The number of aliphatic carboxylic acids is 1. The number of nitrogens with one attached hydrogen (secondary N) is 1. The van der Waals surface area contributed by atoms with Crippen molar-refractivity contribution >= 4 is 23.7 Å². The Kier molecular flexibility index (Phi) is 10.7. The number of benzene rings is 1. The number of carbonyl (C=O) groups is 4. The molecule has 1 aromatic rings. The van der Waals surface area contributed by atoms with Crippen molar-refractivity contribution in [3.63, 3.8) is 0 Å². The summed E-state index contributed by atoms with van der Waals surface area (Å²) in [6, 6.07) is 8.49. The lowest BCUT2D eigenvalue weighted by Gasteiger charge is -2.66. The van der Waals surface area contributed by atoms with E-state index in [2.05, 4.69) is 64.2 Å². The monoisotopic (exact) mass is 717 g/mol. The Morgan fingerprint density at radius 2 is 1.67 bits per heavy atom. The van der Waals surface area contributed by atoms with E-state index in [0.29, 0.717) is 43.2 Å². The Labute approximate surface area is 311 Å². The van der Waals surface area contributed by atoms with Crippen LogP contribution in [-0.2, 0) is 35.2 Å². The molecule has 286 valence electrons. The molecule has 8 nitrogen and oxygen atoms in total. The van der Waals surface area contributed by atoms with E-state index in [4.69, 9.17) is 9.47 Å². The van der Waals surface area contributed by atoms with Gasteiger partial charge in [-0.15, -0.1) is 0 Å². The van der Waals surface area contributed by atoms with Crippen molar-refractivity contribution in [1.29, 1.82) is 0 Å². The summed E-state index contributed by atoms with van der Waals surface area (Å²) in [5, 5.41) is 13.1. The van der Waals surface area contributed by atoms with Crippen LogP contribution in [0.15, 0.2) is 35.4 Å². The van der Waals surface area contributed by atoms with Crippen molar-refractivity contribution in [2.45, 2.75) is 145 Å². The lowest BCUT2D eigenvalue weighted by molar-refractivity contribution is -0.180. The second kappa shape index (κ2) is 14.3. The van der Waals surface area contributed by atoms with Crippen molar-refractivity contribution in [3.8, 4) is 0 Å². The molecule has 1 aromatic carbocycles. The van der Waals surface area contributed by atoms with Crippen molar-refractivity contribution in [2.24, 2.45) is 51.2 Å². The van der Waals surface area contributed by atoms with E-state index in [9.17, 15) is 24.3 Å². The van der Waals surface area contributed by atoms with Crippen molar-refractivity contribution in [2.75, 3.05) is 6.54 Å². The number of esters is 2. The van der Waals surface area contributed by atoms with Crippen LogP contribution < -0.4 is 5.32 Å². The first-order chi connectivity index (χ1) is 24.4. The number of ketones is 1. The predicted octanol–water partition coefficient (Wildman–Crippen LogP) is 8.38. The molecule has 9 unspecified atom stereocenters. The van der Waals surface area contributed by atoms with E-state index in [1.807, 2.05) is 0 Å². The smallest absolute Gasteiger partial charge is 0.309 e. The largest absolute Gasteiger partial charge is 0.481 e. The van der Waals surface area contributed by atoms with Crippen LogP contribution >= 0.6 is 0 Å². The molecule has 0 bridgehead atoms. The summed E-state index contributed by atoms with van der Waals surface area (Å²) in [7, 11) is 0. The number of fused-ring (bicyclic) bond motifs is 7. The molecule has 0 spiro atoms. The third-order valence-electron chi connectivity index (χ3n) is 14.8. The minimum absolute atomic E-state index is 0.111. The zero-order valence-electron chi connectivity index (χ0n) is 32.9. The van der Waals surface area contributed by atoms with E-state index in [1.165, 1.54) is 23.6 Å². The highest BCUT2D eigenvalue weighted by molar-refractivity contribution is 6.00. The summed E-state index contributed by atoms with van der Waals surface area (Å²) in [6.07, 6.45) is 8.60. The Balaban J connectivity index is 1.23. The van der Waals surface area contributed by atoms with Gasteiger partial charge in [0.25, 0.3) is 0 Å². The second-order valence-electron chi connectivity index (χ2n) is 18.8. The molecule has 5 aliphatic rings. The van der Waals surface area contributed by atoms with Gasteiger partial charge in [-0.25, -0.2) is 0 Å². The van der Waals surface area contributed by atoms with Crippen LogP contribution in [0.3, 0.4) is 0 Å². The zero-order valence-corrected chi connectivity index (χ0v) is 32.9. The van der Waals surface area contributed by atoms with Gasteiger partial charge in [-0.3, -0.25) is 19.2 Å². The van der Waals surface area contributed by atoms with Gasteiger partial charge in [-0.05, 0) is 136 Å². The molecule has 0 aromatic heterocycles. The Morgan fingerprint density at radius 1 is 0.981 bits per heavy atom. The average Bonchev–Trinajstić information content (AvgIpc) is 3.38. The van der Waals surface area contributed by atoms with Crippen molar-refractivity contribution < 1.29 is 33.8 Å². The van der Waals surface area contributed by atoms with Crippen LogP contribution in [-0.4, -0.2) is 47.6 Å². The molecular weight excluding hydrogens is 654 g/mol. The van der Waals surface area contributed by atoms with Crippen molar-refractivity contribution in [3.05, 3.63) is 46.5 Å². The van der Waals surface area contributed by atoms with Crippen LogP contribution in [0.25, 0.3) is 0 Å². The predicted molar refractivity (Wildman–Crippen MR) is 200 cm³/mol. The zero-order chi connectivity index (χ0) is 37.8. The van der Waals surface area contributed by atoms with Crippen LogP contribution in [0.4, 0.5) is 0 Å². The summed E-state index contributed by atoms with van der Waals surface area (Å²) < 4.78 is 12.2. The SMILES string of the molecule is CC(=O)OC(CNCc1ccc(C)cc1)C12CCC3C(CCC4C5(C)CCC(OC(=O)CC(C)(C)C(=O)O)CC5CCC34C)C1=C(C(C)C)C(=O)C2. The van der Waals surface area contributed by atoms with Gasteiger partial charge < -0.3 is 19.9 Å². The van der Waals surface area contributed by atoms with E-state index < -0.39 is 28.9 Å². The topological polar surface area (TPSA) is 119 Å². The molecule has 6 rings (SSSR count). The molecule has 4 fully saturated rings. The van der Waals surface area contributed by atoms with Crippen LogP contribution in [0.1, 0.15) is 130 Å². The number of rotatable bonds is 11. The Morgan fingerprint density at radius 3 is 2.33 bits per heavy atom. The molecule has 52 heavy (non-hydrogen) atoms. The number of carboxylic acid groups (broad SMARTS) is 1. The van der Waals surface area contributed by atoms with E-state index in [0.717, 1.165) is 63.4 Å². The third kappa shape index (κ3) is 6.91. The molecular formula is C44H63NO7. The van der Waals surface area contributed by atoms with Gasteiger partial charge in [0.05, 0.1) is 11.8 Å². The van der Waals surface area contributed by atoms with Gasteiger partial charge in [0.2, 0.25) is 0 Å². The molecule has 0 radical (unpaired) electrons. The van der Waals surface area contributed by atoms with Crippen LogP contribution in [0, 0.1) is 58.2 Å². The highest BCUT2D eigenvalue weighted by Gasteiger charge is 2.65. The van der Waals surface area contributed by atoms with E-state index >= 15 is 0 Å². The van der Waals surface area contributed by atoms with E-state index in [-0.39, 0.29) is 41.0 Å². The van der Waals surface area contributed by atoms with Gasteiger partial charge in [-0.2, -0.15) is 0 Å². The number of aryl methyl sites for hydroxylation is 1. The van der Waals surface area contributed by atoms with E-state index in [1.54, 1.807) is 13.8 Å². The van der Waals surface area contributed by atoms with Gasteiger partial charge in [-0.1, -0.05) is 57.5 Å². The maximum absolute atomic E-state index is 14.1. The molecule has 4 saturated carbocycles. The first-order valence-corrected chi connectivity index (χ1v) is 20.1. The third-order valence-corrected chi connectivity index (χ3v) is 14.8. The van der Waals surface area contributed by atoms with Gasteiger partial charge >= 0.3 is 17.9 Å². The molecule has 9 atom stereocenters. The first kappa shape index (κ1) is 38.7. The molecule has 5 aliphatic carbocycles. The number of hydrogen-bond acceptors (Lipinski definition) is 7. The van der Waals surface area contributed by atoms with Crippen LogP contribution in [0.2, 0.25) is 0 Å². The summed E-state index contributed by atoms with van der Waals surface area (Å²) in [4.78, 5) is 51.3. The normalized spacial score (nSPS) is 34.9. The lowest BCUT2D eigenvalue weighted by atomic mass is 9.39. The number of carbonyl (C=O) groups excluding carboxylic acids is 3. The number of carboxylic acids is 1. The molecule has 0 amide bonds. The average molecular weight is 718 g/mol. The standard InChI is InChI=1S/C44H63NO7/c1-26(2)38-34(47)22-44(36(51-28(4)46)25-45-24-29-11-9-27(3)10-12-29)20-17-33-32(39(38)44)13-14-35-42(7)19-16-31(21-30(42)15-18-43(33,35)8)52-37(48)23-41(5,6)40(49)50/h9-12,26,30-33,35-36,45H,13-25H2,1-8H3,(H,49,50). The number of Topliss-reactive ketones (excluding diaryl/α,β-unsaturated/α-hetero) is 1. The molecule has 0 heterocycles. The summed E-state index contributed by atoms with van der Waals surface area (Å²) in [5.74, 6) is 0.401. The fourth-order valence-corrected chi connectivity index (χ4v) is 12.2. The highest BCUT2D eigenvalue weighted by atomic mass is 16.5. The summed E-state index contributed by atoms with van der Waals surface area (Å²) in [5.41, 5.74) is 3.35. The summed E-state index contributed by atoms with van der Waals surface area (Å²) >= 11 is 0. The maximum Gasteiger partial charge on any atom is 0.309 e. The maximum atomic E-state index is 14.1. The lowest BCUT2D eigenvalue weighted by Crippen LogP contribution is -2.60. The minimum Gasteiger partial charge on any atom is -0.481 e. The number of ether oxygens (including phenoxy) is 2. The van der Waals surface area contributed by atoms with Gasteiger partial charge in [0, 0.05) is 31.8 Å². The highest BCUT2D eigenvalue weighted by Crippen LogP contribution is 2.71. The van der Waals surface area contributed by atoms with Gasteiger partial charge in [0.15, 0.2) is 5.78 Å². The fraction of sp³-hybridized carbons (Fsp3) is 0.727. The molecule has 0 aliphatic heterocycles. The van der Waals surface area contributed by atoms with Crippen molar-refractivity contribution in [1.82, 2.24) is 5.32 Å². The van der Waals surface area contributed by atoms with Gasteiger partial charge in [0.1, 0.15) is 12.2 Å². The molecule has 0 saturated heterocycles. The first-order valence-electron chi connectivity index (χ1n) is 20.1. The minimum atomic E-state index is -1.14.